The van der Waals surface area contributed by atoms with Crippen LogP contribution in [0.5, 0.6) is 0 Å². The number of hydrogen-bond acceptors (Lipinski definition) is 4. The van der Waals surface area contributed by atoms with E-state index in [9.17, 15) is 4.79 Å². The Bertz CT molecular complexity index is 1240. The molecule has 2 aromatic carbocycles. The van der Waals surface area contributed by atoms with Crippen LogP contribution >= 0.6 is 0 Å². The molecule has 2 aromatic heterocycles. The van der Waals surface area contributed by atoms with Gasteiger partial charge >= 0.3 is 0 Å². The molecule has 1 saturated carbocycles. The van der Waals surface area contributed by atoms with Gasteiger partial charge in [0.05, 0.1) is 11.0 Å². The highest BCUT2D eigenvalue weighted by Crippen LogP contribution is 2.28. The van der Waals surface area contributed by atoms with Crippen molar-refractivity contribution in [2.75, 3.05) is 11.9 Å². The van der Waals surface area contributed by atoms with Crippen molar-refractivity contribution in [2.24, 2.45) is 0 Å². The molecule has 1 amide bonds. The second kappa shape index (κ2) is 9.45. The normalized spacial score (nSPS) is 14.3. The molecule has 5 rings (SSSR count). The number of benzene rings is 2. The van der Waals surface area contributed by atoms with Crippen LogP contribution in [0.15, 0.2) is 73.3 Å². The average Bonchev–Trinajstić information content (AvgIpc) is 3.31. The zero-order valence-corrected chi connectivity index (χ0v) is 18.9. The van der Waals surface area contributed by atoms with Crippen LogP contribution in [0.4, 0.5) is 5.69 Å². The molecule has 1 aliphatic rings. The van der Waals surface area contributed by atoms with Crippen LogP contribution in [0.2, 0.25) is 0 Å². The molecule has 0 aliphatic heterocycles. The Labute approximate surface area is 194 Å². The third kappa shape index (κ3) is 4.60. The lowest BCUT2D eigenvalue weighted by Crippen LogP contribution is -2.33. The van der Waals surface area contributed by atoms with Crippen LogP contribution in [-0.4, -0.2) is 33.5 Å². The molecule has 0 spiro atoms. The molecule has 2 heterocycles. The second-order valence-corrected chi connectivity index (χ2v) is 8.78. The first-order valence-electron chi connectivity index (χ1n) is 11.7. The minimum absolute atomic E-state index is 0.119. The summed E-state index contributed by atoms with van der Waals surface area (Å²) >= 11 is 0. The third-order valence-corrected chi connectivity index (χ3v) is 6.62. The van der Waals surface area contributed by atoms with Crippen molar-refractivity contribution in [3.63, 3.8) is 0 Å². The summed E-state index contributed by atoms with van der Waals surface area (Å²) in [4.78, 5) is 23.7. The van der Waals surface area contributed by atoms with E-state index in [1.807, 2.05) is 36.7 Å². The fourth-order valence-corrected chi connectivity index (χ4v) is 4.69. The van der Waals surface area contributed by atoms with E-state index < -0.39 is 0 Å². The maximum Gasteiger partial charge on any atom is 0.251 e. The van der Waals surface area contributed by atoms with Crippen LogP contribution in [-0.2, 0) is 6.54 Å². The number of hydrogen-bond donors (Lipinski definition) is 1. The monoisotopic (exact) mass is 439 g/mol. The molecule has 0 atom stereocenters. The molecule has 0 radical (unpaired) electrons. The van der Waals surface area contributed by atoms with E-state index in [1.54, 1.807) is 12.4 Å². The SMILES string of the molecule is CN(c1cccc(-n2cnc3cc(C(=O)NCc4cccnc4)ccc32)c1)C1CCCCC1. The average molecular weight is 440 g/mol. The number of nitrogens with one attached hydrogen (secondary N) is 1. The van der Waals surface area contributed by atoms with Crippen molar-refractivity contribution < 1.29 is 4.79 Å². The fourth-order valence-electron chi connectivity index (χ4n) is 4.69. The number of rotatable bonds is 6. The van der Waals surface area contributed by atoms with Gasteiger partial charge in [0, 0.05) is 49.0 Å². The van der Waals surface area contributed by atoms with E-state index in [4.69, 9.17) is 0 Å². The molecule has 0 saturated heterocycles. The lowest BCUT2D eigenvalue weighted by molar-refractivity contribution is 0.0951. The molecular weight excluding hydrogens is 410 g/mol. The lowest BCUT2D eigenvalue weighted by atomic mass is 9.94. The Balaban J connectivity index is 1.35. The number of carbonyl (C=O) groups excluding carboxylic acids is 1. The molecule has 1 fully saturated rings. The van der Waals surface area contributed by atoms with E-state index in [0.29, 0.717) is 18.2 Å². The first kappa shape index (κ1) is 21.2. The number of carbonyl (C=O) groups is 1. The Kier molecular flexibility index (Phi) is 6.07. The van der Waals surface area contributed by atoms with Crippen LogP contribution in [0, 0.1) is 0 Å². The number of anilines is 1. The van der Waals surface area contributed by atoms with Gasteiger partial charge < -0.3 is 10.2 Å². The number of amides is 1. The highest BCUT2D eigenvalue weighted by atomic mass is 16.1. The summed E-state index contributed by atoms with van der Waals surface area (Å²) < 4.78 is 2.09. The van der Waals surface area contributed by atoms with Crippen LogP contribution in [0.3, 0.4) is 0 Å². The number of nitrogens with zero attached hydrogens (tertiary/aromatic N) is 4. The first-order valence-corrected chi connectivity index (χ1v) is 11.7. The minimum Gasteiger partial charge on any atom is -0.372 e. The molecular formula is C27H29N5O. The van der Waals surface area contributed by atoms with E-state index >= 15 is 0 Å². The predicted molar refractivity (Wildman–Crippen MR) is 132 cm³/mol. The summed E-state index contributed by atoms with van der Waals surface area (Å²) in [7, 11) is 2.21. The topological polar surface area (TPSA) is 63.1 Å². The number of aromatic nitrogens is 3. The summed E-state index contributed by atoms with van der Waals surface area (Å²) in [5, 5.41) is 2.95. The third-order valence-electron chi connectivity index (χ3n) is 6.62. The van der Waals surface area contributed by atoms with Gasteiger partial charge in [-0.15, -0.1) is 0 Å². The zero-order valence-electron chi connectivity index (χ0n) is 18.9. The van der Waals surface area contributed by atoms with Crippen molar-refractivity contribution in [1.82, 2.24) is 19.9 Å². The van der Waals surface area contributed by atoms with E-state index in [1.165, 1.54) is 37.8 Å². The highest BCUT2D eigenvalue weighted by Gasteiger charge is 2.19. The Morgan fingerprint density at radius 2 is 1.97 bits per heavy atom. The molecule has 1 N–H and O–H groups in total. The maximum atomic E-state index is 12.6. The molecule has 1 aliphatic carbocycles. The second-order valence-electron chi connectivity index (χ2n) is 8.78. The van der Waals surface area contributed by atoms with Gasteiger partial charge in [0.25, 0.3) is 5.91 Å². The van der Waals surface area contributed by atoms with Crippen LogP contribution in [0.25, 0.3) is 16.7 Å². The first-order chi connectivity index (χ1) is 16.2. The maximum absolute atomic E-state index is 12.6. The van der Waals surface area contributed by atoms with Gasteiger partial charge in [-0.05, 0) is 60.9 Å². The molecule has 168 valence electrons. The summed E-state index contributed by atoms with van der Waals surface area (Å²) in [6.45, 7) is 0.445. The van der Waals surface area contributed by atoms with Gasteiger partial charge in [-0.2, -0.15) is 0 Å². The largest absolute Gasteiger partial charge is 0.372 e. The Hall–Kier alpha value is -3.67. The van der Waals surface area contributed by atoms with Crippen molar-refractivity contribution >= 4 is 22.6 Å². The summed E-state index contributed by atoms with van der Waals surface area (Å²) in [6.07, 6.45) is 11.8. The molecule has 0 unspecified atom stereocenters. The summed E-state index contributed by atoms with van der Waals surface area (Å²) in [5.41, 5.74) is 5.65. The highest BCUT2D eigenvalue weighted by molar-refractivity contribution is 5.97. The molecule has 6 nitrogen and oxygen atoms in total. The summed E-state index contributed by atoms with van der Waals surface area (Å²) in [5.74, 6) is -0.119. The standard InChI is InChI=1S/C27H29N5O/c1-31(22-8-3-2-4-9-22)23-10-5-11-24(16-23)32-19-30-25-15-21(12-13-26(25)32)27(33)29-18-20-7-6-14-28-17-20/h5-7,10-17,19,22H,2-4,8-9,18H2,1H3,(H,29,33). The van der Waals surface area contributed by atoms with E-state index in [2.05, 4.69) is 56.1 Å². The van der Waals surface area contributed by atoms with Gasteiger partial charge in [0.1, 0.15) is 6.33 Å². The van der Waals surface area contributed by atoms with Crippen molar-refractivity contribution in [3.8, 4) is 5.69 Å². The van der Waals surface area contributed by atoms with E-state index in [0.717, 1.165) is 22.3 Å². The molecule has 6 heteroatoms. The number of pyridine rings is 1. The van der Waals surface area contributed by atoms with Crippen molar-refractivity contribution in [1.29, 1.82) is 0 Å². The van der Waals surface area contributed by atoms with Crippen LogP contribution < -0.4 is 10.2 Å². The Morgan fingerprint density at radius 1 is 1.09 bits per heavy atom. The molecule has 4 aromatic rings. The van der Waals surface area contributed by atoms with Gasteiger partial charge in [0.15, 0.2) is 0 Å². The molecule has 0 bridgehead atoms. The quantitative estimate of drug-likeness (QED) is 0.453. The number of fused-ring (bicyclic) bond motifs is 1. The lowest BCUT2D eigenvalue weighted by Gasteiger charge is -2.33. The zero-order chi connectivity index (χ0) is 22.6. The van der Waals surface area contributed by atoms with Crippen molar-refractivity contribution in [3.05, 3.63) is 84.4 Å². The van der Waals surface area contributed by atoms with Crippen molar-refractivity contribution in [2.45, 2.75) is 44.7 Å². The fraction of sp³-hybridized carbons (Fsp3) is 0.296. The van der Waals surface area contributed by atoms with Crippen LogP contribution in [0.1, 0.15) is 48.0 Å². The van der Waals surface area contributed by atoms with E-state index in [-0.39, 0.29) is 5.91 Å². The van der Waals surface area contributed by atoms with Gasteiger partial charge in [-0.3, -0.25) is 14.3 Å². The predicted octanol–water partition coefficient (Wildman–Crippen LogP) is 5.12. The summed E-state index contributed by atoms with van der Waals surface area (Å²) in [6, 6.07) is 18.7. The number of imidazole rings is 1. The van der Waals surface area contributed by atoms with Gasteiger partial charge in [0.2, 0.25) is 0 Å². The van der Waals surface area contributed by atoms with Gasteiger partial charge in [-0.25, -0.2) is 4.98 Å². The smallest absolute Gasteiger partial charge is 0.251 e. The Morgan fingerprint density at radius 3 is 2.79 bits per heavy atom. The minimum atomic E-state index is -0.119. The molecule has 33 heavy (non-hydrogen) atoms. The van der Waals surface area contributed by atoms with Gasteiger partial charge in [-0.1, -0.05) is 31.4 Å².